The van der Waals surface area contributed by atoms with Crippen LogP contribution in [-0.4, -0.2) is 29.7 Å². The number of aryl methyl sites for hydroxylation is 1. The van der Waals surface area contributed by atoms with E-state index in [-0.39, 0.29) is 23.0 Å². The summed E-state index contributed by atoms with van der Waals surface area (Å²) in [5.74, 6) is -0.726. The number of carbonyl (C=O) groups excluding carboxylic acids is 1. The molecule has 0 bridgehead atoms. The van der Waals surface area contributed by atoms with Crippen molar-refractivity contribution in [3.63, 3.8) is 0 Å². The molecule has 0 atom stereocenters. The SMILES string of the molecule is N#Cc1cc(Nc2ncc3c(n2)CCCCC3=O)cc(OS(=O)(=O)C(F)(F)F)c1. The number of Topliss-reactive ketones (excluding diaryl/α,β-unsaturated/α-hetero) is 1. The number of fused-ring (bicyclic) bond motifs is 1. The number of aromatic nitrogens is 2. The average molecular weight is 426 g/mol. The Morgan fingerprint density at radius 3 is 2.59 bits per heavy atom. The minimum Gasteiger partial charge on any atom is -0.376 e. The number of hydrogen-bond donors (Lipinski definition) is 1. The van der Waals surface area contributed by atoms with Crippen LogP contribution in [0, 0.1) is 11.3 Å². The fourth-order valence-electron chi connectivity index (χ4n) is 2.70. The Labute approximate surface area is 163 Å². The highest BCUT2D eigenvalue weighted by Crippen LogP contribution is 2.30. The van der Waals surface area contributed by atoms with Crippen molar-refractivity contribution >= 4 is 27.5 Å². The van der Waals surface area contributed by atoms with Crippen molar-refractivity contribution in [2.24, 2.45) is 0 Å². The summed E-state index contributed by atoms with van der Waals surface area (Å²) in [5, 5.41) is 11.7. The van der Waals surface area contributed by atoms with E-state index in [4.69, 9.17) is 5.26 Å². The minimum absolute atomic E-state index is 0.0383. The molecule has 0 amide bonds. The van der Waals surface area contributed by atoms with Crippen LogP contribution >= 0.6 is 0 Å². The van der Waals surface area contributed by atoms with Crippen LogP contribution in [0.2, 0.25) is 0 Å². The number of rotatable bonds is 4. The highest BCUT2D eigenvalue weighted by molar-refractivity contribution is 7.88. The Kier molecular flexibility index (Phi) is 5.43. The molecule has 0 radical (unpaired) electrons. The van der Waals surface area contributed by atoms with Crippen molar-refractivity contribution in [3.05, 3.63) is 41.2 Å². The third-order valence-electron chi connectivity index (χ3n) is 4.02. The van der Waals surface area contributed by atoms with E-state index < -0.39 is 21.4 Å². The first-order valence-corrected chi connectivity index (χ1v) is 9.72. The van der Waals surface area contributed by atoms with Crippen LogP contribution in [0.5, 0.6) is 5.75 Å². The lowest BCUT2D eigenvalue weighted by molar-refractivity contribution is -0.0500. The van der Waals surface area contributed by atoms with Gasteiger partial charge in [0, 0.05) is 24.4 Å². The Morgan fingerprint density at radius 1 is 1.17 bits per heavy atom. The molecule has 1 aliphatic rings. The topological polar surface area (TPSA) is 122 Å². The van der Waals surface area contributed by atoms with Crippen LogP contribution in [0.15, 0.2) is 24.4 Å². The summed E-state index contributed by atoms with van der Waals surface area (Å²) in [6.07, 6.45) is 3.83. The molecule has 0 fully saturated rings. The van der Waals surface area contributed by atoms with Gasteiger partial charge >= 0.3 is 15.6 Å². The molecular formula is C17H13F3N4O4S. The number of alkyl halides is 3. The summed E-state index contributed by atoms with van der Waals surface area (Å²) in [6, 6.07) is 4.77. The van der Waals surface area contributed by atoms with Crippen molar-refractivity contribution < 1.29 is 30.6 Å². The Hall–Kier alpha value is -3.20. The number of nitriles is 1. The molecule has 0 aliphatic heterocycles. The van der Waals surface area contributed by atoms with Crippen LogP contribution < -0.4 is 9.50 Å². The number of ketones is 1. The summed E-state index contributed by atoms with van der Waals surface area (Å²) >= 11 is 0. The van der Waals surface area contributed by atoms with Crippen LogP contribution in [-0.2, 0) is 16.5 Å². The van der Waals surface area contributed by atoms with E-state index in [1.165, 1.54) is 12.3 Å². The third kappa shape index (κ3) is 4.62. The molecule has 1 N–H and O–H groups in total. The van der Waals surface area contributed by atoms with E-state index in [0.29, 0.717) is 24.1 Å². The van der Waals surface area contributed by atoms with Gasteiger partial charge in [0.1, 0.15) is 5.75 Å². The van der Waals surface area contributed by atoms with Gasteiger partial charge in [0.15, 0.2) is 5.78 Å². The predicted octanol–water partition coefficient (Wildman–Crippen LogP) is 3.23. The van der Waals surface area contributed by atoms with Crippen molar-refractivity contribution in [2.75, 3.05) is 5.32 Å². The van der Waals surface area contributed by atoms with Crippen molar-refractivity contribution in [1.82, 2.24) is 9.97 Å². The predicted molar refractivity (Wildman–Crippen MR) is 94.0 cm³/mol. The van der Waals surface area contributed by atoms with E-state index in [2.05, 4.69) is 19.5 Å². The second kappa shape index (κ2) is 7.67. The Balaban J connectivity index is 1.91. The van der Waals surface area contributed by atoms with Crippen LogP contribution in [0.4, 0.5) is 24.8 Å². The minimum atomic E-state index is -5.89. The van der Waals surface area contributed by atoms with Crippen LogP contribution in [0.25, 0.3) is 0 Å². The molecule has 1 aromatic carbocycles. The molecule has 8 nitrogen and oxygen atoms in total. The van der Waals surface area contributed by atoms with E-state index in [9.17, 15) is 26.4 Å². The fraction of sp³-hybridized carbons (Fsp3) is 0.294. The molecule has 0 saturated carbocycles. The van der Waals surface area contributed by atoms with Gasteiger partial charge in [-0.05, 0) is 31.4 Å². The smallest absolute Gasteiger partial charge is 0.376 e. The molecule has 1 aliphatic carbocycles. The molecule has 12 heteroatoms. The maximum Gasteiger partial charge on any atom is 0.534 e. The zero-order chi connectivity index (χ0) is 21.2. The summed E-state index contributed by atoms with van der Waals surface area (Å²) in [5.41, 5.74) is -4.77. The maximum atomic E-state index is 12.5. The first-order valence-electron chi connectivity index (χ1n) is 8.31. The normalized spacial score (nSPS) is 14.5. The molecule has 152 valence electrons. The summed E-state index contributed by atoms with van der Waals surface area (Å²) in [4.78, 5) is 20.3. The zero-order valence-corrected chi connectivity index (χ0v) is 15.5. The van der Waals surface area contributed by atoms with E-state index in [0.717, 1.165) is 25.0 Å². The van der Waals surface area contributed by atoms with Crippen molar-refractivity contribution in [1.29, 1.82) is 5.26 Å². The van der Waals surface area contributed by atoms with Gasteiger partial charge in [0.25, 0.3) is 0 Å². The Bertz CT molecular complexity index is 1110. The van der Waals surface area contributed by atoms with Gasteiger partial charge in [-0.1, -0.05) is 0 Å². The molecular weight excluding hydrogens is 413 g/mol. The van der Waals surface area contributed by atoms with Crippen LogP contribution in [0.3, 0.4) is 0 Å². The summed E-state index contributed by atoms with van der Waals surface area (Å²) in [7, 11) is -5.89. The largest absolute Gasteiger partial charge is 0.534 e. The molecule has 0 unspecified atom stereocenters. The number of carbonyl (C=O) groups is 1. The lowest BCUT2D eigenvalue weighted by Crippen LogP contribution is -2.28. The number of hydrogen-bond acceptors (Lipinski definition) is 8. The highest BCUT2D eigenvalue weighted by atomic mass is 32.2. The first kappa shape index (κ1) is 20.5. The van der Waals surface area contributed by atoms with Crippen molar-refractivity contribution in [2.45, 2.75) is 31.2 Å². The third-order valence-corrected chi connectivity index (χ3v) is 5.00. The molecule has 0 saturated heterocycles. The molecule has 29 heavy (non-hydrogen) atoms. The fourth-order valence-corrected chi connectivity index (χ4v) is 3.14. The number of anilines is 2. The summed E-state index contributed by atoms with van der Waals surface area (Å²) in [6.45, 7) is 0. The van der Waals surface area contributed by atoms with E-state index in [1.807, 2.05) is 0 Å². The lowest BCUT2D eigenvalue weighted by Gasteiger charge is -2.12. The second-order valence-electron chi connectivity index (χ2n) is 6.15. The molecule has 2 aromatic rings. The van der Waals surface area contributed by atoms with Gasteiger partial charge in [-0.25, -0.2) is 9.97 Å². The van der Waals surface area contributed by atoms with Gasteiger partial charge in [-0.2, -0.15) is 26.9 Å². The number of nitrogens with one attached hydrogen (secondary N) is 1. The quantitative estimate of drug-likeness (QED) is 0.449. The van der Waals surface area contributed by atoms with Gasteiger partial charge < -0.3 is 9.50 Å². The van der Waals surface area contributed by atoms with Gasteiger partial charge in [-0.3, -0.25) is 4.79 Å². The first-order chi connectivity index (χ1) is 13.6. The van der Waals surface area contributed by atoms with Gasteiger partial charge in [0.05, 0.1) is 22.9 Å². The van der Waals surface area contributed by atoms with Crippen LogP contribution in [0.1, 0.15) is 40.9 Å². The van der Waals surface area contributed by atoms with E-state index in [1.54, 1.807) is 6.07 Å². The number of halogens is 3. The molecule has 1 heterocycles. The average Bonchev–Trinajstić information content (AvgIpc) is 2.81. The van der Waals surface area contributed by atoms with E-state index >= 15 is 0 Å². The zero-order valence-electron chi connectivity index (χ0n) is 14.7. The highest BCUT2D eigenvalue weighted by Gasteiger charge is 2.48. The monoisotopic (exact) mass is 426 g/mol. The molecule has 1 aromatic heterocycles. The lowest BCUT2D eigenvalue weighted by atomic mass is 10.1. The number of benzene rings is 1. The molecule has 3 rings (SSSR count). The van der Waals surface area contributed by atoms with Gasteiger partial charge in [0.2, 0.25) is 5.95 Å². The van der Waals surface area contributed by atoms with Gasteiger partial charge in [-0.15, -0.1) is 0 Å². The summed E-state index contributed by atoms with van der Waals surface area (Å²) < 4.78 is 64.1. The Morgan fingerprint density at radius 2 is 1.90 bits per heavy atom. The second-order valence-corrected chi connectivity index (χ2v) is 7.69. The van der Waals surface area contributed by atoms with Crippen molar-refractivity contribution in [3.8, 4) is 11.8 Å². The molecule has 0 spiro atoms. The number of nitrogens with zero attached hydrogens (tertiary/aromatic N) is 3. The maximum absolute atomic E-state index is 12.5. The standard InChI is InChI=1S/C17H13F3N4O4S/c18-17(19,20)29(26,27)28-12-6-10(8-21)5-11(7-12)23-16-22-9-13-14(24-16)3-1-2-4-15(13)25/h5-7,9H,1-4H2,(H,22,23,24).